The summed E-state index contributed by atoms with van der Waals surface area (Å²) in [5.74, 6) is -2.29. The van der Waals surface area contributed by atoms with Crippen LogP contribution in [0, 0.1) is 11.6 Å². The summed E-state index contributed by atoms with van der Waals surface area (Å²) in [4.78, 5) is 10.6. The summed E-state index contributed by atoms with van der Waals surface area (Å²) in [6, 6.07) is 8.19. The molecule has 2 N–H and O–H groups in total. The number of carboxylic acids is 1. The minimum atomic E-state index is -1.13. The molecule has 116 valence electrons. The van der Waals surface area contributed by atoms with Crippen LogP contribution in [0.2, 0.25) is 0 Å². The Hall–Kier alpha value is -2.47. The molecule has 6 heteroatoms. The summed E-state index contributed by atoms with van der Waals surface area (Å²) in [6.07, 6.45) is 0. The molecule has 0 bridgehead atoms. The molecule has 4 nitrogen and oxygen atoms in total. The normalized spacial score (nSPS) is 10.5. The van der Waals surface area contributed by atoms with Gasteiger partial charge in [0.05, 0.1) is 0 Å². The van der Waals surface area contributed by atoms with Gasteiger partial charge in [-0.1, -0.05) is 6.07 Å². The molecule has 0 amide bonds. The van der Waals surface area contributed by atoms with Gasteiger partial charge < -0.3 is 15.2 Å². The van der Waals surface area contributed by atoms with E-state index in [9.17, 15) is 13.6 Å². The molecule has 2 aromatic carbocycles. The predicted octanol–water partition coefficient (Wildman–Crippen LogP) is 2.81. The molecule has 0 aliphatic carbocycles. The first-order valence-corrected chi connectivity index (χ1v) is 6.58. The van der Waals surface area contributed by atoms with Gasteiger partial charge in [0.2, 0.25) is 0 Å². The van der Waals surface area contributed by atoms with Crippen LogP contribution in [-0.2, 0) is 11.3 Å². The van der Waals surface area contributed by atoms with Crippen LogP contribution in [0.5, 0.6) is 5.75 Å². The number of hydrogen-bond donors (Lipinski definition) is 2. The largest absolute Gasteiger partial charge is 0.481 e. The molecular formula is C16H15F2NO3. The molecule has 0 heterocycles. The van der Waals surface area contributed by atoms with E-state index < -0.39 is 24.2 Å². The lowest BCUT2D eigenvalue weighted by Gasteiger charge is -2.13. The third-order valence-corrected chi connectivity index (χ3v) is 2.95. The fraction of sp³-hybridized carbons (Fsp3) is 0.188. The number of carboxylic acid groups (broad SMARTS) is 1. The van der Waals surface area contributed by atoms with E-state index in [0.717, 1.165) is 11.6 Å². The number of ether oxygens (including phenoxy) is 1. The van der Waals surface area contributed by atoms with Gasteiger partial charge >= 0.3 is 5.97 Å². The number of benzene rings is 2. The van der Waals surface area contributed by atoms with Gasteiger partial charge in [0, 0.05) is 18.2 Å². The van der Waals surface area contributed by atoms with Gasteiger partial charge in [-0.05, 0) is 42.4 Å². The van der Waals surface area contributed by atoms with E-state index in [1.165, 1.54) is 12.1 Å². The molecule has 2 aromatic rings. The molecule has 0 fully saturated rings. The Balaban J connectivity index is 2.47. The Labute approximate surface area is 126 Å². The van der Waals surface area contributed by atoms with Crippen molar-refractivity contribution in [3.8, 4) is 16.9 Å². The molecule has 0 spiro atoms. The smallest absolute Gasteiger partial charge is 0.341 e. The third kappa shape index (κ3) is 4.02. The first-order chi connectivity index (χ1) is 10.5. The standard InChI is InChI=1S/C16H15F2NO3/c1-19-8-10-2-3-15(22-9-16(20)21)14(4-10)11-5-12(17)7-13(18)6-11/h2-7,19H,8-9H2,1H3,(H,20,21). The average molecular weight is 307 g/mol. The van der Waals surface area contributed by atoms with Crippen molar-refractivity contribution in [2.24, 2.45) is 0 Å². The fourth-order valence-electron chi connectivity index (χ4n) is 2.09. The van der Waals surface area contributed by atoms with Gasteiger partial charge in [0.25, 0.3) is 0 Å². The maximum Gasteiger partial charge on any atom is 0.341 e. The van der Waals surface area contributed by atoms with Crippen molar-refractivity contribution in [3.63, 3.8) is 0 Å². The molecule has 0 aliphatic rings. The number of hydrogen-bond acceptors (Lipinski definition) is 3. The van der Waals surface area contributed by atoms with Crippen molar-refractivity contribution in [2.45, 2.75) is 6.54 Å². The first kappa shape index (κ1) is 15.9. The zero-order chi connectivity index (χ0) is 16.1. The minimum absolute atomic E-state index is 0.257. The molecule has 22 heavy (non-hydrogen) atoms. The zero-order valence-electron chi connectivity index (χ0n) is 11.9. The van der Waals surface area contributed by atoms with E-state index >= 15 is 0 Å². The lowest BCUT2D eigenvalue weighted by molar-refractivity contribution is -0.139. The van der Waals surface area contributed by atoms with Gasteiger partial charge in [-0.15, -0.1) is 0 Å². The van der Waals surface area contributed by atoms with Crippen LogP contribution in [0.15, 0.2) is 36.4 Å². The van der Waals surface area contributed by atoms with Gasteiger partial charge in [-0.3, -0.25) is 0 Å². The maximum absolute atomic E-state index is 13.4. The molecule has 0 saturated heterocycles. The SMILES string of the molecule is CNCc1ccc(OCC(=O)O)c(-c2cc(F)cc(F)c2)c1. The minimum Gasteiger partial charge on any atom is -0.481 e. The summed E-state index contributed by atoms with van der Waals surface area (Å²) < 4.78 is 32.0. The highest BCUT2D eigenvalue weighted by Crippen LogP contribution is 2.32. The second kappa shape index (κ2) is 7.00. The van der Waals surface area contributed by atoms with Crippen LogP contribution in [-0.4, -0.2) is 24.7 Å². The van der Waals surface area contributed by atoms with Crippen molar-refractivity contribution in [1.82, 2.24) is 5.32 Å². The number of nitrogens with one attached hydrogen (secondary N) is 1. The summed E-state index contributed by atoms with van der Waals surface area (Å²) >= 11 is 0. The molecule has 2 rings (SSSR count). The predicted molar refractivity (Wildman–Crippen MR) is 77.7 cm³/mol. The molecule has 0 aliphatic heterocycles. The van der Waals surface area contributed by atoms with Crippen LogP contribution in [0.4, 0.5) is 8.78 Å². The maximum atomic E-state index is 13.4. The van der Waals surface area contributed by atoms with Crippen molar-refractivity contribution in [2.75, 3.05) is 13.7 Å². The molecular weight excluding hydrogens is 292 g/mol. The van der Waals surface area contributed by atoms with Crippen molar-refractivity contribution < 1.29 is 23.4 Å². The highest BCUT2D eigenvalue weighted by molar-refractivity contribution is 5.73. The number of aliphatic carboxylic acids is 1. The Kier molecular flexibility index (Phi) is 5.06. The Morgan fingerprint density at radius 2 is 1.86 bits per heavy atom. The highest BCUT2D eigenvalue weighted by atomic mass is 19.1. The second-order valence-corrected chi connectivity index (χ2v) is 4.70. The quantitative estimate of drug-likeness (QED) is 0.861. The van der Waals surface area contributed by atoms with Crippen LogP contribution in [0.1, 0.15) is 5.56 Å². The van der Waals surface area contributed by atoms with E-state index in [1.54, 1.807) is 25.2 Å². The summed E-state index contributed by atoms with van der Waals surface area (Å²) in [5, 5.41) is 11.7. The van der Waals surface area contributed by atoms with E-state index in [2.05, 4.69) is 5.32 Å². The van der Waals surface area contributed by atoms with E-state index in [0.29, 0.717) is 12.1 Å². The number of halogens is 2. The Morgan fingerprint density at radius 3 is 2.45 bits per heavy atom. The summed E-state index contributed by atoms with van der Waals surface area (Å²) in [7, 11) is 1.77. The lowest BCUT2D eigenvalue weighted by Crippen LogP contribution is -2.10. The third-order valence-electron chi connectivity index (χ3n) is 2.95. The van der Waals surface area contributed by atoms with Crippen molar-refractivity contribution >= 4 is 5.97 Å². The van der Waals surface area contributed by atoms with E-state index in [4.69, 9.17) is 9.84 Å². The Bertz CT molecular complexity index is 669. The second-order valence-electron chi connectivity index (χ2n) is 4.70. The molecule has 0 aromatic heterocycles. The fourth-order valence-corrected chi connectivity index (χ4v) is 2.09. The van der Waals surface area contributed by atoms with Gasteiger partial charge in [0.15, 0.2) is 6.61 Å². The van der Waals surface area contributed by atoms with Crippen LogP contribution in [0.3, 0.4) is 0 Å². The van der Waals surface area contributed by atoms with Gasteiger partial charge in [-0.25, -0.2) is 13.6 Å². The number of rotatable bonds is 6. The van der Waals surface area contributed by atoms with Gasteiger partial charge in [0.1, 0.15) is 17.4 Å². The van der Waals surface area contributed by atoms with Crippen LogP contribution < -0.4 is 10.1 Å². The Morgan fingerprint density at radius 1 is 1.18 bits per heavy atom. The van der Waals surface area contributed by atoms with Crippen LogP contribution in [0.25, 0.3) is 11.1 Å². The molecule has 0 saturated carbocycles. The first-order valence-electron chi connectivity index (χ1n) is 6.58. The highest BCUT2D eigenvalue weighted by Gasteiger charge is 2.12. The molecule has 0 radical (unpaired) electrons. The average Bonchev–Trinajstić information content (AvgIpc) is 2.45. The topological polar surface area (TPSA) is 58.6 Å². The monoisotopic (exact) mass is 307 g/mol. The van der Waals surface area contributed by atoms with Crippen molar-refractivity contribution in [3.05, 3.63) is 53.6 Å². The van der Waals surface area contributed by atoms with E-state index in [1.807, 2.05) is 0 Å². The number of carbonyl (C=O) groups is 1. The van der Waals surface area contributed by atoms with Crippen molar-refractivity contribution in [1.29, 1.82) is 0 Å². The summed E-state index contributed by atoms with van der Waals surface area (Å²) in [6.45, 7) is 0.0280. The lowest BCUT2D eigenvalue weighted by atomic mass is 10.0. The molecule has 0 unspecified atom stereocenters. The zero-order valence-corrected chi connectivity index (χ0v) is 11.9. The molecule has 0 atom stereocenters. The van der Waals surface area contributed by atoms with Gasteiger partial charge in [-0.2, -0.15) is 0 Å². The van der Waals surface area contributed by atoms with Crippen LogP contribution >= 0.6 is 0 Å². The van der Waals surface area contributed by atoms with E-state index in [-0.39, 0.29) is 11.3 Å². The summed E-state index contributed by atoms with van der Waals surface area (Å²) in [5.41, 5.74) is 1.60.